The first-order valence-electron chi connectivity index (χ1n) is 5.90. The number of aromatic nitrogens is 1. The van der Waals surface area contributed by atoms with Crippen LogP contribution in [0.25, 0.3) is 0 Å². The lowest BCUT2D eigenvalue weighted by Crippen LogP contribution is -2.42. The van der Waals surface area contributed by atoms with Gasteiger partial charge in [-0.1, -0.05) is 18.2 Å². The minimum Gasteiger partial charge on any atom is -0.273 e. The number of rotatable bonds is 3. The van der Waals surface area contributed by atoms with Crippen LogP contribution in [0.1, 0.15) is 16.1 Å². The van der Waals surface area contributed by atoms with Crippen molar-refractivity contribution in [3.63, 3.8) is 0 Å². The zero-order chi connectivity index (χ0) is 14.4. The van der Waals surface area contributed by atoms with E-state index >= 15 is 0 Å². The van der Waals surface area contributed by atoms with Gasteiger partial charge in [0, 0.05) is 6.20 Å². The van der Waals surface area contributed by atoms with Gasteiger partial charge in [-0.25, -0.2) is 4.39 Å². The van der Waals surface area contributed by atoms with E-state index in [-0.39, 0.29) is 17.9 Å². The molecule has 1 heterocycles. The number of nitrogens with one attached hydrogen (secondary N) is 2. The van der Waals surface area contributed by atoms with Gasteiger partial charge in [-0.05, 0) is 29.8 Å². The van der Waals surface area contributed by atoms with Gasteiger partial charge in [0.1, 0.15) is 11.5 Å². The number of carbonyl (C=O) groups is 2. The molecule has 0 aliphatic carbocycles. The Bertz CT molecular complexity index is 600. The maximum atomic E-state index is 12.7. The summed E-state index contributed by atoms with van der Waals surface area (Å²) in [6.45, 7) is 0. The largest absolute Gasteiger partial charge is 0.288 e. The molecule has 102 valence electrons. The van der Waals surface area contributed by atoms with Crippen molar-refractivity contribution in [2.45, 2.75) is 6.42 Å². The number of pyridine rings is 1. The summed E-state index contributed by atoms with van der Waals surface area (Å²) in [6.07, 6.45) is 1.53. The normalized spacial score (nSPS) is 9.85. The summed E-state index contributed by atoms with van der Waals surface area (Å²) in [5.41, 5.74) is 5.38. The van der Waals surface area contributed by atoms with Gasteiger partial charge >= 0.3 is 0 Å². The molecule has 0 fully saturated rings. The van der Waals surface area contributed by atoms with Crippen molar-refractivity contribution in [1.29, 1.82) is 0 Å². The van der Waals surface area contributed by atoms with Gasteiger partial charge in [-0.15, -0.1) is 0 Å². The molecule has 2 amide bonds. The molecule has 0 atom stereocenters. The number of hydrogen-bond donors (Lipinski definition) is 2. The fourth-order valence-electron chi connectivity index (χ4n) is 1.52. The summed E-state index contributed by atoms with van der Waals surface area (Å²) < 4.78 is 12.7. The van der Waals surface area contributed by atoms with Crippen LogP contribution in [0.15, 0.2) is 48.7 Å². The predicted molar refractivity (Wildman–Crippen MR) is 69.9 cm³/mol. The van der Waals surface area contributed by atoms with Crippen molar-refractivity contribution in [3.8, 4) is 0 Å². The predicted octanol–water partition coefficient (Wildman–Crippen LogP) is 1.22. The second kappa shape index (κ2) is 6.42. The highest BCUT2D eigenvalue weighted by Crippen LogP contribution is 2.03. The lowest BCUT2D eigenvalue weighted by Gasteiger charge is -2.06. The maximum absolute atomic E-state index is 12.7. The van der Waals surface area contributed by atoms with Gasteiger partial charge in [-0.2, -0.15) is 0 Å². The van der Waals surface area contributed by atoms with E-state index in [1.165, 1.54) is 36.5 Å². The summed E-state index contributed by atoms with van der Waals surface area (Å²) in [7, 11) is 0. The molecule has 2 aromatic rings. The lowest BCUT2D eigenvalue weighted by molar-refractivity contribution is -0.121. The zero-order valence-electron chi connectivity index (χ0n) is 10.5. The Balaban J connectivity index is 1.83. The average molecular weight is 273 g/mol. The lowest BCUT2D eigenvalue weighted by atomic mass is 10.1. The van der Waals surface area contributed by atoms with E-state index in [2.05, 4.69) is 15.8 Å². The van der Waals surface area contributed by atoms with Crippen LogP contribution < -0.4 is 10.9 Å². The van der Waals surface area contributed by atoms with E-state index < -0.39 is 11.8 Å². The molecule has 1 aromatic carbocycles. The van der Waals surface area contributed by atoms with E-state index in [1.54, 1.807) is 12.1 Å². The zero-order valence-corrected chi connectivity index (χ0v) is 10.5. The van der Waals surface area contributed by atoms with Crippen LogP contribution in [0.4, 0.5) is 4.39 Å². The average Bonchev–Trinajstić information content (AvgIpc) is 2.48. The highest BCUT2D eigenvalue weighted by molar-refractivity contribution is 5.93. The van der Waals surface area contributed by atoms with Crippen molar-refractivity contribution in [1.82, 2.24) is 15.8 Å². The molecule has 0 unspecified atom stereocenters. The smallest absolute Gasteiger partial charge is 0.273 e. The number of halogens is 1. The molecule has 1 aromatic heterocycles. The van der Waals surface area contributed by atoms with Crippen molar-refractivity contribution < 1.29 is 14.0 Å². The second-order valence-electron chi connectivity index (χ2n) is 4.02. The van der Waals surface area contributed by atoms with Crippen molar-refractivity contribution in [3.05, 3.63) is 65.7 Å². The number of hydrogen-bond acceptors (Lipinski definition) is 3. The molecule has 2 rings (SSSR count). The fourth-order valence-corrected chi connectivity index (χ4v) is 1.52. The Labute approximate surface area is 114 Å². The molecule has 0 aliphatic rings. The van der Waals surface area contributed by atoms with Crippen molar-refractivity contribution in [2.75, 3.05) is 0 Å². The fraction of sp³-hybridized carbons (Fsp3) is 0.0714. The SMILES string of the molecule is O=C(Cc1ccc(F)cc1)NNC(=O)c1ccccn1. The topological polar surface area (TPSA) is 71.1 Å². The standard InChI is InChI=1S/C14H12FN3O2/c15-11-6-4-10(5-7-11)9-13(19)17-18-14(20)12-3-1-2-8-16-12/h1-8H,9H2,(H,17,19)(H,18,20). The van der Waals surface area contributed by atoms with E-state index in [4.69, 9.17) is 0 Å². The van der Waals surface area contributed by atoms with Gasteiger partial charge in [0.05, 0.1) is 6.42 Å². The van der Waals surface area contributed by atoms with E-state index in [9.17, 15) is 14.0 Å². The minimum absolute atomic E-state index is 0.0444. The Morgan fingerprint density at radius 1 is 1.05 bits per heavy atom. The third kappa shape index (κ3) is 3.88. The number of hydrazine groups is 1. The Kier molecular flexibility index (Phi) is 4.39. The summed E-state index contributed by atoms with van der Waals surface area (Å²) >= 11 is 0. The van der Waals surface area contributed by atoms with Crippen LogP contribution in [0, 0.1) is 5.82 Å². The van der Waals surface area contributed by atoms with Crippen LogP contribution in [0.3, 0.4) is 0 Å². The third-order valence-electron chi connectivity index (χ3n) is 2.49. The molecule has 0 spiro atoms. The molecule has 5 nitrogen and oxygen atoms in total. The second-order valence-corrected chi connectivity index (χ2v) is 4.02. The molecule has 0 saturated heterocycles. The van der Waals surface area contributed by atoms with Gasteiger partial charge in [-0.3, -0.25) is 25.4 Å². The quantitative estimate of drug-likeness (QED) is 0.826. The molecular weight excluding hydrogens is 261 g/mol. The highest BCUT2D eigenvalue weighted by Gasteiger charge is 2.08. The molecular formula is C14H12FN3O2. The first-order valence-corrected chi connectivity index (χ1v) is 5.90. The molecule has 20 heavy (non-hydrogen) atoms. The van der Waals surface area contributed by atoms with E-state index in [0.29, 0.717) is 5.56 Å². The highest BCUT2D eigenvalue weighted by atomic mass is 19.1. The van der Waals surface area contributed by atoms with Gasteiger partial charge in [0.15, 0.2) is 0 Å². The minimum atomic E-state index is -0.502. The summed E-state index contributed by atoms with van der Waals surface area (Å²) in [5, 5.41) is 0. The number of carbonyl (C=O) groups excluding carboxylic acids is 2. The van der Waals surface area contributed by atoms with Crippen LogP contribution in [-0.2, 0) is 11.2 Å². The van der Waals surface area contributed by atoms with E-state index in [0.717, 1.165) is 0 Å². The molecule has 0 radical (unpaired) electrons. The first-order chi connectivity index (χ1) is 9.65. The Morgan fingerprint density at radius 3 is 2.45 bits per heavy atom. The van der Waals surface area contributed by atoms with Gasteiger partial charge in [0.2, 0.25) is 5.91 Å². The number of amides is 2. The summed E-state index contributed by atoms with van der Waals surface area (Å²) in [6, 6.07) is 10.4. The monoisotopic (exact) mass is 273 g/mol. The van der Waals surface area contributed by atoms with Crippen LogP contribution in [0.5, 0.6) is 0 Å². The molecule has 0 bridgehead atoms. The molecule has 0 aliphatic heterocycles. The molecule has 6 heteroatoms. The summed E-state index contributed by atoms with van der Waals surface area (Å²) in [4.78, 5) is 27.0. The Hall–Kier alpha value is -2.76. The van der Waals surface area contributed by atoms with Gasteiger partial charge in [0.25, 0.3) is 5.91 Å². The maximum Gasteiger partial charge on any atom is 0.288 e. The number of nitrogens with zero attached hydrogens (tertiary/aromatic N) is 1. The number of benzene rings is 1. The van der Waals surface area contributed by atoms with Crippen LogP contribution in [0.2, 0.25) is 0 Å². The van der Waals surface area contributed by atoms with Gasteiger partial charge < -0.3 is 0 Å². The summed E-state index contributed by atoms with van der Waals surface area (Å²) in [5.74, 6) is -1.27. The molecule has 2 N–H and O–H groups in total. The third-order valence-corrected chi connectivity index (χ3v) is 2.49. The van der Waals surface area contributed by atoms with Crippen molar-refractivity contribution >= 4 is 11.8 Å². The molecule has 0 saturated carbocycles. The van der Waals surface area contributed by atoms with E-state index in [1.807, 2.05) is 0 Å². The Morgan fingerprint density at radius 2 is 1.80 bits per heavy atom. The van der Waals surface area contributed by atoms with Crippen molar-refractivity contribution in [2.24, 2.45) is 0 Å². The first kappa shape index (κ1) is 13.7. The van der Waals surface area contributed by atoms with Crippen LogP contribution in [-0.4, -0.2) is 16.8 Å². The van der Waals surface area contributed by atoms with Crippen LogP contribution >= 0.6 is 0 Å².